The molecule has 0 bridgehead atoms. The topological polar surface area (TPSA) is 0 Å². The van der Waals surface area contributed by atoms with E-state index in [0.29, 0.717) is 0 Å². The maximum absolute atomic E-state index is 3.52. The quantitative estimate of drug-likeness (QED) is 0.0506. The third-order valence-electron chi connectivity index (χ3n) is 6.75. The van der Waals surface area contributed by atoms with Gasteiger partial charge in [0, 0.05) is 5.33 Å². The molecule has 0 nitrogen and oxygen atoms in total. The molecule has 3 aromatic rings. The van der Waals surface area contributed by atoms with E-state index < -0.39 is 4.25 Å². The zero-order valence-corrected chi connectivity index (χ0v) is 24.9. The molecule has 0 aliphatic heterocycles. The molecule has 3 aromatic carbocycles. The molecule has 0 heterocycles. The van der Waals surface area contributed by atoms with Crippen molar-refractivity contribution in [1.82, 2.24) is 0 Å². The second kappa shape index (κ2) is 14.6. The number of rotatable bonds is 15. The van der Waals surface area contributed by atoms with Crippen LogP contribution in [0.25, 0.3) is 0 Å². The van der Waals surface area contributed by atoms with Crippen LogP contribution in [0.2, 0.25) is 0 Å². The Morgan fingerprint density at radius 3 is 1.32 bits per heavy atom. The molecule has 0 atom stereocenters. The van der Waals surface area contributed by atoms with Crippen LogP contribution in [0.1, 0.15) is 57.8 Å². The Balaban J connectivity index is 1.72. The van der Waals surface area contributed by atoms with Crippen LogP contribution in [0.15, 0.2) is 103 Å². The second-order valence-corrected chi connectivity index (χ2v) is 20.6. The molecule has 0 aliphatic rings. The van der Waals surface area contributed by atoms with Gasteiger partial charge in [0.1, 0.15) is 0 Å². The van der Waals surface area contributed by atoms with Gasteiger partial charge in [0.15, 0.2) is 0 Å². The molecule has 0 amide bonds. The number of unbranched alkanes of at least 4 members (excludes halogenated alkanes) is 8. The SMILES string of the molecule is BrCCCCCCCCCCC=CCP(I)(c1ccccc1)(c1ccccc1)c1ccccc1. The summed E-state index contributed by atoms with van der Waals surface area (Å²) in [5, 5.41) is 5.52. The second-order valence-electron chi connectivity index (χ2n) is 9.15. The maximum atomic E-state index is 3.52. The molecule has 182 valence electrons. The van der Waals surface area contributed by atoms with E-state index in [1.807, 2.05) is 0 Å². The normalized spacial score (nSPS) is 13.1. The Labute approximate surface area is 229 Å². The van der Waals surface area contributed by atoms with Gasteiger partial charge in [-0.05, 0) is 0 Å². The average Bonchev–Trinajstić information content (AvgIpc) is 2.91. The van der Waals surface area contributed by atoms with Gasteiger partial charge in [-0.3, -0.25) is 0 Å². The van der Waals surface area contributed by atoms with E-state index in [4.69, 9.17) is 0 Å². The number of allylic oxidation sites excluding steroid dienone is 2. The van der Waals surface area contributed by atoms with E-state index in [0.717, 1.165) is 11.5 Å². The molecular formula is C31H39BrIP. The molecule has 0 aliphatic carbocycles. The summed E-state index contributed by atoms with van der Waals surface area (Å²) in [5.74, 6) is 0. The van der Waals surface area contributed by atoms with Crippen molar-refractivity contribution < 1.29 is 0 Å². The molecule has 0 N–H and O–H groups in total. The van der Waals surface area contributed by atoms with E-state index >= 15 is 0 Å². The summed E-state index contributed by atoms with van der Waals surface area (Å²) in [6.07, 6.45) is 18.1. The van der Waals surface area contributed by atoms with Crippen molar-refractivity contribution in [3.63, 3.8) is 0 Å². The van der Waals surface area contributed by atoms with Crippen LogP contribution >= 0.6 is 42.2 Å². The molecule has 0 spiro atoms. The van der Waals surface area contributed by atoms with Gasteiger partial charge in [0.05, 0.1) is 0 Å². The first-order valence-corrected chi connectivity index (χ1v) is 19.1. The zero-order valence-electron chi connectivity index (χ0n) is 20.3. The Hall–Kier alpha value is -0.960. The Morgan fingerprint density at radius 1 is 0.529 bits per heavy atom. The molecule has 0 aromatic heterocycles. The summed E-state index contributed by atoms with van der Waals surface area (Å²) < 4.78 is -2.65. The Bertz CT molecular complexity index is 873. The minimum absolute atomic E-state index is 1.05. The molecule has 0 saturated heterocycles. The van der Waals surface area contributed by atoms with E-state index in [1.165, 1.54) is 73.7 Å². The van der Waals surface area contributed by atoms with Crippen molar-refractivity contribution >= 4 is 58.1 Å². The summed E-state index contributed by atoms with van der Waals surface area (Å²) in [6, 6.07) is 33.7. The first kappa shape index (κ1) is 27.6. The van der Waals surface area contributed by atoms with E-state index in [9.17, 15) is 0 Å². The van der Waals surface area contributed by atoms with Crippen molar-refractivity contribution in [2.45, 2.75) is 57.8 Å². The standard InChI is InChI=1S/C31H39BrIP/c32-27-19-8-6-4-2-1-3-5-7-9-20-28-34(33,29-21-13-10-14-22-29,30-23-15-11-16-24-30)31-25-17-12-18-26-31/h9-18,20-26H,1-8,19,27-28H2. The van der Waals surface area contributed by atoms with Crippen LogP contribution in [0.4, 0.5) is 0 Å². The third kappa shape index (κ3) is 7.05. The van der Waals surface area contributed by atoms with Crippen LogP contribution < -0.4 is 15.9 Å². The van der Waals surface area contributed by atoms with Gasteiger partial charge < -0.3 is 0 Å². The van der Waals surface area contributed by atoms with E-state index in [2.05, 4.69) is 141 Å². The number of benzene rings is 3. The van der Waals surface area contributed by atoms with Gasteiger partial charge >= 0.3 is 209 Å². The summed E-state index contributed by atoms with van der Waals surface area (Å²) in [5.41, 5.74) is 0. The van der Waals surface area contributed by atoms with Crippen molar-refractivity contribution in [1.29, 1.82) is 0 Å². The van der Waals surface area contributed by atoms with Crippen LogP contribution in [0.5, 0.6) is 0 Å². The fraction of sp³-hybridized carbons (Fsp3) is 0.355. The van der Waals surface area contributed by atoms with Crippen molar-refractivity contribution in [3.8, 4) is 0 Å². The first-order valence-electron chi connectivity index (χ1n) is 12.8. The fourth-order valence-electron chi connectivity index (χ4n) is 4.79. The minimum atomic E-state index is -2.65. The van der Waals surface area contributed by atoms with Gasteiger partial charge in [-0.1, -0.05) is 15.9 Å². The molecule has 34 heavy (non-hydrogen) atoms. The van der Waals surface area contributed by atoms with E-state index in [1.54, 1.807) is 0 Å². The number of hydrogen-bond acceptors (Lipinski definition) is 0. The van der Waals surface area contributed by atoms with Gasteiger partial charge in [0.25, 0.3) is 0 Å². The van der Waals surface area contributed by atoms with E-state index in [-0.39, 0.29) is 0 Å². The van der Waals surface area contributed by atoms with Crippen LogP contribution in [-0.2, 0) is 0 Å². The van der Waals surface area contributed by atoms with Crippen LogP contribution in [0.3, 0.4) is 0 Å². The predicted octanol–water partition coefficient (Wildman–Crippen LogP) is 9.33. The number of alkyl halides is 1. The monoisotopic (exact) mass is 648 g/mol. The van der Waals surface area contributed by atoms with Gasteiger partial charge in [-0.15, -0.1) is 0 Å². The number of halogens is 2. The Kier molecular flexibility index (Phi) is 11.8. The van der Waals surface area contributed by atoms with Crippen LogP contribution in [0, 0.1) is 0 Å². The molecule has 3 heteroatoms. The Morgan fingerprint density at radius 2 is 0.912 bits per heavy atom. The molecule has 0 fully saturated rings. The molecule has 0 unspecified atom stereocenters. The molecule has 0 radical (unpaired) electrons. The summed E-state index contributed by atoms with van der Waals surface area (Å²) in [6.45, 7) is 0. The van der Waals surface area contributed by atoms with Crippen molar-refractivity contribution in [2.24, 2.45) is 0 Å². The van der Waals surface area contributed by atoms with Gasteiger partial charge in [-0.2, -0.15) is 0 Å². The summed E-state index contributed by atoms with van der Waals surface area (Å²) in [7, 11) is 0. The molecule has 3 rings (SSSR count). The average molecular weight is 649 g/mol. The third-order valence-corrected chi connectivity index (χ3v) is 18.5. The predicted molar refractivity (Wildman–Crippen MR) is 169 cm³/mol. The van der Waals surface area contributed by atoms with Crippen LogP contribution in [-0.4, -0.2) is 11.5 Å². The zero-order chi connectivity index (χ0) is 24.0. The number of hydrogen-bond donors (Lipinski definition) is 0. The van der Waals surface area contributed by atoms with Gasteiger partial charge in [0.2, 0.25) is 0 Å². The van der Waals surface area contributed by atoms with Crippen molar-refractivity contribution in [3.05, 3.63) is 103 Å². The molecule has 0 saturated carbocycles. The first-order chi connectivity index (χ1) is 16.7. The summed E-state index contributed by atoms with van der Waals surface area (Å²) in [4.78, 5) is 0. The van der Waals surface area contributed by atoms with Crippen molar-refractivity contribution in [2.75, 3.05) is 11.5 Å². The molecular weight excluding hydrogens is 610 g/mol. The summed E-state index contributed by atoms with van der Waals surface area (Å²) >= 11 is 6.40. The van der Waals surface area contributed by atoms with Gasteiger partial charge in [-0.25, -0.2) is 0 Å². The fourth-order valence-corrected chi connectivity index (χ4v) is 13.2.